The molecule has 0 bridgehead atoms. The summed E-state index contributed by atoms with van der Waals surface area (Å²) in [5, 5.41) is 3.57. The van der Waals surface area contributed by atoms with Gasteiger partial charge in [-0.2, -0.15) is 0 Å². The Hall–Kier alpha value is -0.870. The third-order valence-electron chi connectivity index (χ3n) is 3.53. The summed E-state index contributed by atoms with van der Waals surface area (Å²) in [5.74, 6) is 1.17. The van der Waals surface area contributed by atoms with Crippen LogP contribution >= 0.6 is 0 Å². The zero-order valence-electron chi connectivity index (χ0n) is 12.3. The number of imidazole rings is 1. The first kappa shape index (κ1) is 15.2. The lowest BCUT2D eigenvalue weighted by Crippen LogP contribution is -2.36. The molecule has 0 aromatic carbocycles. The molecular formula is C14H28N4. The lowest BCUT2D eigenvalue weighted by Gasteiger charge is -2.23. The SMILES string of the molecule is CCNC(CCN(CC)CC)Cc1nccn1C. The van der Waals surface area contributed by atoms with Crippen LogP contribution < -0.4 is 5.32 Å². The summed E-state index contributed by atoms with van der Waals surface area (Å²) in [5.41, 5.74) is 0. The van der Waals surface area contributed by atoms with Crippen LogP contribution in [0.2, 0.25) is 0 Å². The molecule has 1 heterocycles. The molecule has 18 heavy (non-hydrogen) atoms. The first-order valence-electron chi connectivity index (χ1n) is 7.13. The van der Waals surface area contributed by atoms with E-state index in [4.69, 9.17) is 0 Å². The number of hydrogen-bond donors (Lipinski definition) is 1. The summed E-state index contributed by atoms with van der Waals surface area (Å²) >= 11 is 0. The average molecular weight is 252 g/mol. The number of rotatable bonds is 9. The molecule has 104 valence electrons. The van der Waals surface area contributed by atoms with Gasteiger partial charge in [-0.05, 0) is 32.6 Å². The Kier molecular flexibility index (Phi) is 6.98. The first-order valence-corrected chi connectivity index (χ1v) is 7.13. The van der Waals surface area contributed by atoms with Crippen LogP contribution in [0.5, 0.6) is 0 Å². The van der Waals surface area contributed by atoms with Crippen molar-refractivity contribution >= 4 is 0 Å². The molecule has 4 heteroatoms. The van der Waals surface area contributed by atoms with Crippen molar-refractivity contribution in [3.63, 3.8) is 0 Å². The van der Waals surface area contributed by atoms with E-state index in [9.17, 15) is 0 Å². The molecule has 1 atom stereocenters. The van der Waals surface area contributed by atoms with E-state index in [1.165, 1.54) is 12.2 Å². The van der Waals surface area contributed by atoms with Gasteiger partial charge in [0.15, 0.2) is 0 Å². The van der Waals surface area contributed by atoms with Gasteiger partial charge in [-0.25, -0.2) is 4.98 Å². The van der Waals surface area contributed by atoms with Gasteiger partial charge in [0.1, 0.15) is 5.82 Å². The monoisotopic (exact) mass is 252 g/mol. The average Bonchev–Trinajstić information content (AvgIpc) is 2.76. The van der Waals surface area contributed by atoms with Crippen LogP contribution in [-0.2, 0) is 13.5 Å². The second kappa shape index (κ2) is 8.27. The summed E-state index contributed by atoms with van der Waals surface area (Å²) < 4.78 is 2.11. The zero-order chi connectivity index (χ0) is 13.4. The van der Waals surface area contributed by atoms with Crippen LogP contribution in [0.4, 0.5) is 0 Å². The second-order valence-corrected chi connectivity index (χ2v) is 4.73. The number of nitrogens with one attached hydrogen (secondary N) is 1. The van der Waals surface area contributed by atoms with E-state index in [2.05, 4.69) is 47.6 Å². The second-order valence-electron chi connectivity index (χ2n) is 4.73. The molecule has 0 spiro atoms. The molecule has 1 aromatic heterocycles. The van der Waals surface area contributed by atoms with Crippen molar-refractivity contribution in [2.24, 2.45) is 7.05 Å². The van der Waals surface area contributed by atoms with E-state index >= 15 is 0 Å². The number of aromatic nitrogens is 2. The van der Waals surface area contributed by atoms with Crippen LogP contribution in [-0.4, -0.2) is 46.7 Å². The van der Waals surface area contributed by atoms with Crippen LogP contribution in [0.15, 0.2) is 12.4 Å². The van der Waals surface area contributed by atoms with Gasteiger partial charge in [-0.3, -0.25) is 0 Å². The third kappa shape index (κ3) is 4.78. The number of aryl methyl sites for hydroxylation is 1. The molecular weight excluding hydrogens is 224 g/mol. The summed E-state index contributed by atoms with van der Waals surface area (Å²) in [6.45, 7) is 11.1. The lowest BCUT2D eigenvalue weighted by molar-refractivity contribution is 0.280. The molecule has 0 radical (unpaired) electrons. The van der Waals surface area contributed by atoms with Crippen molar-refractivity contribution < 1.29 is 0 Å². The molecule has 1 unspecified atom stereocenters. The maximum Gasteiger partial charge on any atom is 0.109 e. The van der Waals surface area contributed by atoms with E-state index in [1.54, 1.807) is 0 Å². The normalized spacial score (nSPS) is 13.2. The van der Waals surface area contributed by atoms with Gasteiger partial charge >= 0.3 is 0 Å². The first-order chi connectivity index (χ1) is 8.71. The molecule has 1 rings (SSSR count). The standard InChI is InChI=1S/C14H28N4/c1-5-15-13(8-10-18(6-2)7-3)12-14-16-9-11-17(14)4/h9,11,13,15H,5-8,10,12H2,1-4H3. The highest BCUT2D eigenvalue weighted by Gasteiger charge is 2.12. The molecule has 0 saturated heterocycles. The summed E-state index contributed by atoms with van der Waals surface area (Å²) in [7, 11) is 2.07. The molecule has 0 amide bonds. The summed E-state index contributed by atoms with van der Waals surface area (Å²) in [4.78, 5) is 6.89. The number of likely N-dealkylation sites (N-methyl/N-ethyl adjacent to an activating group) is 1. The van der Waals surface area contributed by atoms with E-state index < -0.39 is 0 Å². The van der Waals surface area contributed by atoms with Gasteiger partial charge in [0.2, 0.25) is 0 Å². The third-order valence-corrected chi connectivity index (χ3v) is 3.53. The highest BCUT2D eigenvalue weighted by Crippen LogP contribution is 2.05. The highest BCUT2D eigenvalue weighted by molar-refractivity contribution is 4.94. The van der Waals surface area contributed by atoms with Gasteiger partial charge in [-0.1, -0.05) is 20.8 Å². The van der Waals surface area contributed by atoms with Crippen molar-refractivity contribution in [2.75, 3.05) is 26.2 Å². The Morgan fingerprint density at radius 3 is 2.56 bits per heavy atom. The molecule has 0 aliphatic heterocycles. The van der Waals surface area contributed by atoms with E-state index in [-0.39, 0.29) is 0 Å². The Balaban J connectivity index is 2.47. The predicted molar refractivity (Wildman–Crippen MR) is 76.8 cm³/mol. The van der Waals surface area contributed by atoms with E-state index in [0.29, 0.717) is 6.04 Å². The lowest BCUT2D eigenvalue weighted by atomic mass is 10.1. The van der Waals surface area contributed by atoms with Crippen molar-refractivity contribution in [1.29, 1.82) is 0 Å². The molecule has 4 nitrogen and oxygen atoms in total. The fourth-order valence-corrected chi connectivity index (χ4v) is 2.26. The minimum absolute atomic E-state index is 0.525. The van der Waals surface area contributed by atoms with Crippen molar-refractivity contribution in [3.05, 3.63) is 18.2 Å². The van der Waals surface area contributed by atoms with Crippen LogP contribution in [0.3, 0.4) is 0 Å². The number of nitrogens with zero attached hydrogens (tertiary/aromatic N) is 3. The van der Waals surface area contributed by atoms with E-state index in [1.807, 2.05) is 12.4 Å². The fraction of sp³-hybridized carbons (Fsp3) is 0.786. The maximum atomic E-state index is 4.41. The van der Waals surface area contributed by atoms with Gasteiger partial charge < -0.3 is 14.8 Å². The van der Waals surface area contributed by atoms with Gasteiger partial charge in [-0.15, -0.1) is 0 Å². The van der Waals surface area contributed by atoms with Crippen LogP contribution in [0.1, 0.15) is 33.0 Å². The van der Waals surface area contributed by atoms with Crippen LogP contribution in [0, 0.1) is 0 Å². The molecule has 0 saturated carbocycles. The van der Waals surface area contributed by atoms with Gasteiger partial charge in [0.25, 0.3) is 0 Å². The zero-order valence-corrected chi connectivity index (χ0v) is 12.3. The fourth-order valence-electron chi connectivity index (χ4n) is 2.26. The Bertz CT molecular complexity index is 317. The summed E-state index contributed by atoms with van der Waals surface area (Å²) in [6.07, 6.45) is 6.09. The Morgan fingerprint density at radius 2 is 2.06 bits per heavy atom. The minimum atomic E-state index is 0.525. The maximum absolute atomic E-state index is 4.41. The minimum Gasteiger partial charge on any atom is -0.338 e. The smallest absolute Gasteiger partial charge is 0.109 e. The topological polar surface area (TPSA) is 33.1 Å². The molecule has 1 N–H and O–H groups in total. The molecule has 0 fully saturated rings. The molecule has 0 aliphatic carbocycles. The Labute approximate surface area is 111 Å². The van der Waals surface area contributed by atoms with Crippen molar-refractivity contribution in [1.82, 2.24) is 19.8 Å². The Morgan fingerprint density at radius 1 is 1.33 bits per heavy atom. The van der Waals surface area contributed by atoms with Gasteiger partial charge in [0.05, 0.1) is 0 Å². The quantitative estimate of drug-likeness (QED) is 0.726. The predicted octanol–water partition coefficient (Wildman–Crippen LogP) is 1.67. The summed E-state index contributed by atoms with van der Waals surface area (Å²) in [6, 6.07) is 0.525. The number of hydrogen-bond acceptors (Lipinski definition) is 3. The van der Waals surface area contributed by atoms with E-state index in [0.717, 1.165) is 32.6 Å². The van der Waals surface area contributed by atoms with Crippen molar-refractivity contribution in [3.8, 4) is 0 Å². The van der Waals surface area contributed by atoms with Gasteiger partial charge in [0, 0.05) is 31.9 Å². The molecule has 0 aliphatic rings. The largest absolute Gasteiger partial charge is 0.338 e. The van der Waals surface area contributed by atoms with Crippen molar-refractivity contribution in [2.45, 2.75) is 39.7 Å². The highest BCUT2D eigenvalue weighted by atomic mass is 15.1. The van der Waals surface area contributed by atoms with Crippen LogP contribution in [0.25, 0.3) is 0 Å². The molecule has 1 aromatic rings.